The molecule has 0 aliphatic carbocycles. The normalized spacial score (nSPS) is 19.9. The second-order valence-electron chi connectivity index (χ2n) is 9.77. The Labute approximate surface area is 248 Å². The van der Waals surface area contributed by atoms with Crippen LogP contribution in [0.1, 0.15) is 50.8 Å². The first kappa shape index (κ1) is 30.2. The molecule has 0 unspecified atom stereocenters. The van der Waals surface area contributed by atoms with Gasteiger partial charge in [0, 0.05) is 18.5 Å². The lowest BCUT2D eigenvalue weighted by molar-refractivity contribution is 0.0532. The van der Waals surface area contributed by atoms with Crippen LogP contribution in [0.5, 0.6) is 0 Å². The second-order valence-corrected chi connectivity index (χ2v) is 11.5. The molecule has 0 saturated carbocycles. The van der Waals surface area contributed by atoms with Crippen LogP contribution in [0.25, 0.3) is 0 Å². The Balaban J connectivity index is 1.46. The van der Waals surface area contributed by atoms with Crippen molar-refractivity contribution in [1.82, 2.24) is 9.88 Å². The van der Waals surface area contributed by atoms with Crippen LogP contribution in [-0.2, 0) is 25.6 Å². The Morgan fingerprint density at radius 1 is 1.07 bits per heavy atom. The second kappa shape index (κ2) is 14.7. The van der Waals surface area contributed by atoms with E-state index >= 15 is 0 Å². The first-order valence-electron chi connectivity index (χ1n) is 13.7. The van der Waals surface area contributed by atoms with Crippen molar-refractivity contribution in [2.45, 2.75) is 58.9 Å². The molecule has 2 aliphatic heterocycles. The molecule has 9 nitrogen and oxygen atoms in total. The maximum Gasteiger partial charge on any atom is 0.410 e. The van der Waals surface area contributed by atoms with Crippen LogP contribution in [0, 0.1) is 5.92 Å². The summed E-state index contributed by atoms with van der Waals surface area (Å²) in [6.07, 6.45) is 1.89. The number of halogens is 1. The molecule has 0 spiro atoms. The molecule has 2 aliphatic rings. The van der Waals surface area contributed by atoms with Gasteiger partial charge in [0.25, 0.3) is 0 Å². The van der Waals surface area contributed by atoms with Crippen molar-refractivity contribution in [3.05, 3.63) is 62.5 Å². The number of hydrogen-bond acceptors (Lipinski definition) is 9. The summed E-state index contributed by atoms with van der Waals surface area (Å²) in [4.78, 5) is 28.8. The molecule has 0 radical (unpaired) electrons. The van der Waals surface area contributed by atoms with E-state index in [1.54, 1.807) is 4.90 Å². The Kier molecular flexibility index (Phi) is 11.1. The summed E-state index contributed by atoms with van der Waals surface area (Å²) in [7, 11) is 0. The largest absolute Gasteiger partial charge is 0.480 e. The third kappa shape index (κ3) is 7.92. The topological polar surface area (TPSA) is 94.8 Å². The lowest BCUT2D eigenvalue weighted by atomic mass is 10.0. The molecule has 216 valence electrons. The number of ether oxygens (including phenoxy) is 4. The standard InChI is InChI=1S/C29H37BrN4O5S/c1-5-36-26-23(19(3)4)32-27(37-6-2)24(33-26)25(28-31-22(30)18-40-28)38-16-21-12-14-34(15-13-21)29(35)39-17-20-10-8-7-9-11-20/h7-12,18-19,23-25H,5-6,13-17H2,1-4H3/t23-,24+,25+/m1/s1. The van der Waals surface area contributed by atoms with Crippen LogP contribution in [0.2, 0.25) is 0 Å². The van der Waals surface area contributed by atoms with Gasteiger partial charge in [0.1, 0.15) is 28.4 Å². The van der Waals surface area contributed by atoms with Gasteiger partial charge in [0.05, 0.1) is 19.8 Å². The number of rotatable bonds is 10. The van der Waals surface area contributed by atoms with E-state index in [9.17, 15) is 4.79 Å². The van der Waals surface area contributed by atoms with Crippen molar-refractivity contribution in [2.24, 2.45) is 15.9 Å². The highest BCUT2D eigenvalue weighted by Gasteiger charge is 2.39. The Morgan fingerprint density at radius 2 is 1.77 bits per heavy atom. The van der Waals surface area contributed by atoms with Gasteiger partial charge in [-0.25, -0.2) is 19.8 Å². The van der Waals surface area contributed by atoms with E-state index in [0.717, 1.165) is 20.7 Å². The van der Waals surface area contributed by atoms with Crippen LogP contribution in [-0.4, -0.2) is 72.8 Å². The third-order valence-corrected chi connectivity index (χ3v) is 8.11. The minimum atomic E-state index is -0.525. The molecule has 0 bridgehead atoms. The molecule has 40 heavy (non-hydrogen) atoms. The Bertz CT molecular complexity index is 1220. The number of carbonyl (C=O) groups is 1. The number of carbonyl (C=O) groups excluding carboxylic acids is 1. The van der Waals surface area contributed by atoms with Crippen molar-refractivity contribution < 1.29 is 23.7 Å². The minimum Gasteiger partial charge on any atom is -0.480 e. The van der Waals surface area contributed by atoms with E-state index in [-0.39, 0.29) is 24.7 Å². The maximum atomic E-state index is 12.6. The molecule has 1 aromatic heterocycles. The first-order chi connectivity index (χ1) is 19.4. The molecule has 1 aromatic carbocycles. The van der Waals surface area contributed by atoms with E-state index in [2.05, 4.69) is 34.8 Å². The monoisotopic (exact) mass is 632 g/mol. The number of benzene rings is 1. The summed E-state index contributed by atoms with van der Waals surface area (Å²) in [5.74, 6) is 1.33. The van der Waals surface area contributed by atoms with Gasteiger partial charge in [-0.05, 0) is 53.3 Å². The van der Waals surface area contributed by atoms with Gasteiger partial charge in [-0.3, -0.25) is 0 Å². The van der Waals surface area contributed by atoms with Crippen molar-refractivity contribution in [1.29, 1.82) is 0 Å². The highest BCUT2D eigenvalue weighted by Crippen LogP contribution is 2.33. The maximum absolute atomic E-state index is 12.6. The first-order valence-corrected chi connectivity index (χ1v) is 15.3. The van der Waals surface area contributed by atoms with Gasteiger partial charge in [0.15, 0.2) is 6.04 Å². The van der Waals surface area contributed by atoms with E-state index in [1.165, 1.54) is 11.3 Å². The molecule has 0 N–H and O–H groups in total. The summed E-state index contributed by atoms with van der Waals surface area (Å²) in [6.45, 7) is 10.7. The smallest absolute Gasteiger partial charge is 0.410 e. The fraction of sp³-hybridized carbons (Fsp3) is 0.517. The highest BCUT2D eigenvalue weighted by molar-refractivity contribution is 9.10. The van der Waals surface area contributed by atoms with E-state index in [4.69, 9.17) is 28.9 Å². The van der Waals surface area contributed by atoms with Crippen LogP contribution < -0.4 is 0 Å². The lowest BCUT2D eigenvalue weighted by Gasteiger charge is -2.32. The zero-order valence-electron chi connectivity index (χ0n) is 23.4. The van der Waals surface area contributed by atoms with Gasteiger partial charge in [-0.2, -0.15) is 0 Å². The van der Waals surface area contributed by atoms with Crippen LogP contribution in [0.15, 0.2) is 61.9 Å². The summed E-state index contributed by atoms with van der Waals surface area (Å²) in [5, 5.41) is 2.70. The van der Waals surface area contributed by atoms with Gasteiger partial charge < -0.3 is 23.8 Å². The van der Waals surface area contributed by atoms with Gasteiger partial charge in [-0.1, -0.05) is 50.3 Å². The van der Waals surface area contributed by atoms with Crippen molar-refractivity contribution in [3.8, 4) is 0 Å². The lowest BCUT2D eigenvalue weighted by Crippen LogP contribution is -2.41. The predicted molar refractivity (Wildman–Crippen MR) is 160 cm³/mol. The van der Waals surface area contributed by atoms with Crippen LogP contribution in [0.3, 0.4) is 0 Å². The fourth-order valence-corrected chi connectivity index (χ4v) is 5.76. The molecule has 4 rings (SSSR count). The average Bonchev–Trinajstić information content (AvgIpc) is 3.39. The molecule has 2 aromatic rings. The Hall–Kier alpha value is -2.76. The molecule has 3 heterocycles. The molecular weight excluding hydrogens is 596 g/mol. The number of nitrogens with zero attached hydrogens (tertiary/aromatic N) is 4. The quantitative estimate of drug-likeness (QED) is 0.289. The summed E-state index contributed by atoms with van der Waals surface area (Å²) in [6, 6.07) is 8.94. The SMILES string of the molecule is CCOC1=N[C@H](C(C)C)C(OCC)=N[C@H]1[C@H](OCC1=CCN(C(=O)OCc2ccccc2)CC1)c1nc(Br)cs1. The van der Waals surface area contributed by atoms with E-state index in [1.807, 2.05) is 55.6 Å². The summed E-state index contributed by atoms with van der Waals surface area (Å²) >= 11 is 4.97. The zero-order chi connectivity index (χ0) is 28.5. The van der Waals surface area contributed by atoms with Crippen molar-refractivity contribution in [2.75, 3.05) is 32.9 Å². The Morgan fingerprint density at radius 3 is 2.38 bits per heavy atom. The highest BCUT2D eigenvalue weighted by atomic mass is 79.9. The molecule has 0 fully saturated rings. The molecule has 0 saturated heterocycles. The summed E-state index contributed by atoms with van der Waals surface area (Å²) in [5.41, 5.74) is 2.07. The molecular formula is C29H37BrN4O5S. The number of thiazole rings is 1. The fourth-order valence-electron chi connectivity index (χ4n) is 4.42. The third-order valence-electron chi connectivity index (χ3n) is 6.49. The number of amides is 1. The predicted octanol–water partition coefficient (Wildman–Crippen LogP) is 6.21. The average molecular weight is 634 g/mol. The molecule has 1 amide bonds. The number of hydrogen-bond donors (Lipinski definition) is 0. The minimum absolute atomic E-state index is 0.199. The zero-order valence-corrected chi connectivity index (χ0v) is 25.8. The van der Waals surface area contributed by atoms with E-state index < -0.39 is 12.1 Å². The van der Waals surface area contributed by atoms with Crippen LogP contribution >= 0.6 is 27.3 Å². The van der Waals surface area contributed by atoms with Crippen LogP contribution in [0.4, 0.5) is 4.79 Å². The van der Waals surface area contributed by atoms with Crippen molar-refractivity contribution >= 4 is 45.2 Å². The van der Waals surface area contributed by atoms with Gasteiger partial charge in [-0.15, -0.1) is 11.3 Å². The number of aromatic nitrogens is 1. The van der Waals surface area contributed by atoms with Gasteiger partial charge >= 0.3 is 6.09 Å². The summed E-state index contributed by atoms with van der Waals surface area (Å²) < 4.78 is 24.7. The van der Waals surface area contributed by atoms with Crippen molar-refractivity contribution in [3.63, 3.8) is 0 Å². The molecule has 11 heteroatoms. The van der Waals surface area contributed by atoms with Gasteiger partial charge in [0.2, 0.25) is 11.8 Å². The number of aliphatic imine (C=N–C) groups is 2. The molecule has 3 atom stereocenters. The van der Waals surface area contributed by atoms with E-state index in [0.29, 0.717) is 51.1 Å².